The molecular formula is C16H13ClO6S. The van der Waals surface area contributed by atoms with E-state index in [1.165, 1.54) is 43.3 Å². The predicted octanol–water partition coefficient (Wildman–Crippen LogP) is 3.02. The Kier molecular flexibility index (Phi) is 5.26. The van der Waals surface area contributed by atoms with E-state index in [9.17, 15) is 18.0 Å². The average Bonchev–Trinajstić information content (AvgIpc) is 2.48. The second-order valence-electron chi connectivity index (χ2n) is 4.75. The number of halogens is 1. The van der Waals surface area contributed by atoms with Gasteiger partial charge >= 0.3 is 11.9 Å². The number of ether oxygens (including phenoxy) is 2. The normalized spacial score (nSPS) is 11.0. The van der Waals surface area contributed by atoms with Crippen LogP contribution in [0.15, 0.2) is 52.3 Å². The SMILES string of the molecule is CC(=O)Oc1ccc(OC(C)=O)c(S(=O)(=O)c2ccc(Cl)cc2)c1. The number of hydrogen-bond acceptors (Lipinski definition) is 6. The zero-order valence-electron chi connectivity index (χ0n) is 12.8. The molecule has 2 aromatic carbocycles. The molecule has 0 aromatic heterocycles. The first-order valence-corrected chi connectivity index (χ1v) is 8.58. The van der Waals surface area contributed by atoms with Crippen molar-refractivity contribution in [3.8, 4) is 11.5 Å². The smallest absolute Gasteiger partial charge is 0.308 e. The minimum Gasteiger partial charge on any atom is -0.427 e. The fraction of sp³-hybridized carbons (Fsp3) is 0.125. The Morgan fingerprint density at radius 2 is 1.50 bits per heavy atom. The molecule has 0 fully saturated rings. The highest BCUT2D eigenvalue weighted by molar-refractivity contribution is 7.91. The number of carbonyl (C=O) groups is 2. The lowest BCUT2D eigenvalue weighted by atomic mass is 10.3. The summed E-state index contributed by atoms with van der Waals surface area (Å²) in [4.78, 5) is 22.0. The molecule has 0 atom stereocenters. The highest BCUT2D eigenvalue weighted by Gasteiger charge is 2.24. The van der Waals surface area contributed by atoms with Crippen LogP contribution in [0.25, 0.3) is 0 Å². The Balaban J connectivity index is 2.61. The quantitative estimate of drug-likeness (QED) is 0.609. The molecule has 0 heterocycles. The molecule has 0 saturated carbocycles. The number of benzene rings is 2. The van der Waals surface area contributed by atoms with Crippen molar-refractivity contribution in [1.29, 1.82) is 0 Å². The van der Waals surface area contributed by atoms with Gasteiger partial charge in [0.15, 0.2) is 0 Å². The molecule has 0 N–H and O–H groups in total. The van der Waals surface area contributed by atoms with Crippen molar-refractivity contribution in [2.45, 2.75) is 23.6 Å². The van der Waals surface area contributed by atoms with E-state index in [-0.39, 0.29) is 21.3 Å². The molecule has 0 spiro atoms. The Morgan fingerprint density at radius 3 is 2.04 bits per heavy atom. The van der Waals surface area contributed by atoms with E-state index < -0.39 is 21.8 Å². The van der Waals surface area contributed by atoms with Gasteiger partial charge in [-0.15, -0.1) is 0 Å². The Morgan fingerprint density at radius 1 is 0.917 bits per heavy atom. The second kappa shape index (κ2) is 7.02. The minimum absolute atomic E-state index is 0.0194. The maximum atomic E-state index is 12.8. The zero-order valence-corrected chi connectivity index (χ0v) is 14.3. The van der Waals surface area contributed by atoms with E-state index in [4.69, 9.17) is 21.1 Å². The molecule has 2 aromatic rings. The molecular weight excluding hydrogens is 356 g/mol. The van der Waals surface area contributed by atoms with Crippen molar-refractivity contribution in [2.24, 2.45) is 0 Å². The average molecular weight is 369 g/mol. The van der Waals surface area contributed by atoms with Crippen molar-refractivity contribution < 1.29 is 27.5 Å². The fourth-order valence-corrected chi connectivity index (χ4v) is 3.43. The molecule has 6 nitrogen and oxygen atoms in total. The van der Waals surface area contributed by atoms with Gasteiger partial charge in [-0.05, 0) is 36.4 Å². The van der Waals surface area contributed by atoms with Crippen LogP contribution in [-0.2, 0) is 19.4 Å². The van der Waals surface area contributed by atoms with Gasteiger partial charge in [-0.2, -0.15) is 0 Å². The van der Waals surface area contributed by atoms with Crippen molar-refractivity contribution >= 4 is 33.4 Å². The highest BCUT2D eigenvalue weighted by Crippen LogP contribution is 2.33. The molecule has 0 saturated heterocycles. The van der Waals surface area contributed by atoms with Gasteiger partial charge in [0.1, 0.15) is 16.4 Å². The molecule has 0 amide bonds. The monoisotopic (exact) mass is 368 g/mol. The van der Waals surface area contributed by atoms with Crippen LogP contribution in [0.1, 0.15) is 13.8 Å². The Labute approximate surface area is 143 Å². The molecule has 0 unspecified atom stereocenters. The molecule has 24 heavy (non-hydrogen) atoms. The molecule has 126 valence electrons. The van der Waals surface area contributed by atoms with E-state index in [0.29, 0.717) is 5.02 Å². The number of hydrogen-bond donors (Lipinski definition) is 0. The summed E-state index contributed by atoms with van der Waals surface area (Å²) in [6.07, 6.45) is 0. The van der Waals surface area contributed by atoms with Crippen molar-refractivity contribution in [1.82, 2.24) is 0 Å². The van der Waals surface area contributed by atoms with Crippen LogP contribution in [0.3, 0.4) is 0 Å². The van der Waals surface area contributed by atoms with Crippen molar-refractivity contribution in [3.05, 3.63) is 47.5 Å². The van der Waals surface area contributed by atoms with E-state index >= 15 is 0 Å². The van der Waals surface area contributed by atoms with Gasteiger partial charge in [0.2, 0.25) is 9.84 Å². The first-order valence-electron chi connectivity index (χ1n) is 6.71. The maximum absolute atomic E-state index is 12.8. The van der Waals surface area contributed by atoms with Crippen LogP contribution in [0.2, 0.25) is 5.02 Å². The lowest BCUT2D eigenvalue weighted by Gasteiger charge is -2.12. The molecule has 0 bridgehead atoms. The number of sulfone groups is 1. The summed E-state index contributed by atoms with van der Waals surface area (Å²) in [5.74, 6) is -1.42. The fourth-order valence-electron chi connectivity index (χ4n) is 1.91. The summed E-state index contributed by atoms with van der Waals surface area (Å²) in [7, 11) is -4.02. The van der Waals surface area contributed by atoms with Gasteiger partial charge in [-0.1, -0.05) is 11.6 Å². The van der Waals surface area contributed by atoms with Gasteiger partial charge < -0.3 is 9.47 Å². The van der Waals surface area contributed by atoms with Gasteiger partial charge in [0.05, 0.1) is 4.90 Å². The molecule has 0 aliphatic carbocycles. The summed E-state index contributed by atoms with van der Waals surface area (Å²) in [5.41, 5.74) is 0. The van der Waals surface area contributed by atoms with Crippen LogP contribution in [0.4, 0.5) is 0 Å². The number of esters is 2. The summed E-state index contributed by atoms with van der Waals surface area (Å²) >= 11 is 5.77. The third-order valence-electron chi connectivity index (χ3n) is 2.84. The Bertz CT molecular complexity index is 887. The van der Waals surface area contributed by atoms with Crippen LogP contribution in [-0.4, -0.2) is 20.4 Å². The summed E-state index contributed by atoms with van der Waals surface area (Å²) in [6.45, 7) is 2.34. The maximum Gasteiger partial charge on any atom is 0.308 e. The standard InChI is InChI=1S/C16H13ClO6S/c1-10(18)22-13-5-8-15(23-11(2)19)16(9-13)24(20,21)14-6-3-12(17)4-7-14/h3-9H,1-2H3. The Hall–Kier alpha value is -2.38. The molecule has 0 radical (unpaired) electrons. The molecule has 8 heteroatoms. The largest absolute Gasteiger partial charge is 0.427 e. The van der Waals surface area contributed by atoms with Crippen LogP contribution in [0.5, 0.6) is 11.5 Å². The van der Waals surface area contributed by atoms with Gasteiger partial charge in [0.25, 0.3) is 0 Å². The summed E-state index contributed by atoms with van der Waals surface area (Å²) in [5, 5.41) is 0.378. The van der Waals surface area contributed by atoms with Crippen molar-refractivity contribution in [2.75, 3.05) is 0 Å². The van der Waals surface area contributed by atoms with Gasteiger partial charge in [-0.3, -0.25) is 9.59 Å². The van der Waals surface area contributed by atoms with Crippen LogP contribution >= 0.6 is 11.6 Å². The lowest BCUT2D eigenvalue weighted by Crippen LogP contribution is -2.10. The number of carbonyl (C=O) groups excluding carboxylic acids is 2. The van der Waals surface area contributed by atoms with Crippen molar-refractivity contribution in [3.63, 3.8) is 0 Å². The zero-order chi connectivity index (χ0) is 17.9. The predicted molar refractivity (Wildman–Crippen MR) is 86.0 cm³/mol. The summed E-state index contributed by atoms with van der Waals surface area (Å²) in [6, 6.07) is 9.22. The summed E-state index contributed by atoms with van der Waals surface area (Å²) < 4.78 is 35.5. The van der Waals surface area contributed by atoms with E-state index in [2.05, 4.69) is 0 Å². The first kappa shape index (κ1) is 18.0. The molecule has 0 aliphatic rings. The van der Waals surface area contributed by atoms with E-state index in [0.717, 1.165) is 13.0 Å². The van der Waals surface area contributed by atoms with Crippen LogP contribution in [0, 0.1) is 0 Å². The van der Waals surface area contributed by atoms with Gasteiger partial charge in [-0.25, -0.2) is 8.42 Å². The number of rotatable bonds is 4. The highest BCUT2D eigenvalue weighted by atomic mass is 35.5. The first-order chi connectivity index (χ1) is 11.2. The third kappa shape index (κ3) is 4.12. The van der Waals surface area contributed by atoms with Crippen LogP contribution < -0.4 is 9.47 Å². The van der Waals surface area contributed by atoms with Gasteiger partial charge in [0, 0.05) is 24.9 Å². The third-order valence-corrected chi connectivity index (χ3v) is 4.89. The molecule has 2 rings (SSSR count). The van der Waals surface area contributed by atoms with E-state index in [1.807, 2.05) is 0 Å². The topological polar surface area (TPSA) is 86.7 Å². The molecule has 0 aliphatic heterocycles. The van der Waals surface area contributed by atoms with E-state index in [1.54, 1.807) is 0 Å². The lowest BCUT2D eigenvalue weighted by molar-refractivity contribution is -0.133. The minimum atomic E-state index is -4.02. The second-order valence-corrected chi connectivity index (χ2v) is 7.11.